The number of rotatable bonds is 6. The van der Waals surface area contributed by atoms with E-state index >= 15 is 0 Å². The van der Waals surface area contributed by atoms with Gasteiger partial charge in [0.2, 0.25) is 0 Å². The van der Waals surface area contributed by atoms with E-state index in [9.17, 15) is 8.78 Å². The fourth-order valence-corrected chi connectivity index (χ4v) is 2.93. The summed E-state index contributed by atoms with van der Waals surface area (Å²) in [5.41, 5.74) is 0.561. The lowest BCUT2D eigenvalue weighted by Gasteiger charge is -2.18. The molecule has 0 spiro atoms. The van der Waals surface area contributed by atoms with Crippen LogP contribution in [0.5, 0.6) is 0 Å². The van der Waals surface area contributed by atoms with Crippen LogP contribution >= 0.6 is 11.8 Å². The quantitative estimate of drug-likeness (QED) is 0.820. The van der Waals surface area contributed by atoms with Crippen molar-refractivity contribution in [3.05, 3.63) is 59.9 Å². The van der Waals surface area contributed by atoms with Crippen LogP contribution in [0.2, 0.25) is 0 Å². The van der Waals surface area contributed by atoms with Crippen LogP contribution in [0.25, 0.3) is 0 Å². The number of hydrogen-bond acceptors (Lipinski definition) is 3. The third kappa shape index (κ3) is 3.77. The van der Waals surface area contributed by atoms with Gasteiger partial charge in [-0.25, -0.2) is 8.78 Å². The maximum Gasteiger partial charge on any atom is 0.146 e. The number of hydrogen-bond donors (Lipinski definition) is 1. The van der Waals surface area contributed by atoms with Gasteiger partial charge in [-0.2, -0.15) is 0 Å². The number of nitrogens with one attached hydrogen (secondary N) is 1. The normalized spacial score (nSPS) is 12.3. The maximum absolute atomic E-state index is 13.8. The highest BCUT2D eigenvalue weighted by Crippen LogP contribution is 2.27. The Labute approximate surface area is 121 Å². The Bertz CT molecular complexity index is 563. The van der Waals surface area contributed by atoms with Crippen LogP contribution in [0.4, 0.5) is 8.78 Å². The van der Waals surface area contributed by atoms with Gasteiger partial charge < -0.3 is 5.32 Å². The molecule has 0 saturated heterocycles. The van der Waals surface area contributed by atoms with Crippen LogP contribution in [0, 0.1) is 11.6 Å². The Hall–Kier alpha value is -1.46. The molecule has 1 unspecified atom stereocenters. The van der Waals surface area contributed by atoms with Crippen molar-refractivity contribution in [2.75, 3.05) is 12.3 Å². The number of halogens is 2. The summed E-state index contributed by atoms with van der Waals surface area (Å²) >= 11 is 1.37. The summed E-state index contributed by atoms with van der Waals surface area (Å²) in [7, 11) is 0. The summed E-state index contributed by atoms with van der Waals surface area (Å²) in [5, 5.41) is 3.22. The van der Waals surface area contributed by atoms with Crippen molar-refractivity contribution >= 4 is 11.8 Å². The molecule has 0 aliphatic heterocycles. The van der Waals surface area contributed by atoms with Crippen molar-refractivity contribution in [1.29, 1.82) is 0 Å². The molecule has 0 fully saturated rings. The zero-order valence-corrected chi connectivity index (χ0v) is 12.0. The predicted molar refractivity (Wildman–Crippen MR) is 77.7 cm³/mol. The molecule has 0 saturated carbocycles. The predicted octanol–water partition coefficient (Wildman–Crippen LogP) is 3.80. The van der Waals surface area contributed by atoms with Gasteiger partial charge >= 0.3 is 0 Å². The highest BCUT2D eigenvalue weighted by atomic mass is 32.2. The van der Waals surface area contributed by atoms with Gasteiger partial charge in [-0.15, -0.1) is 11.8 Å². The fraction of sp³-hybridized carbons (Fsp3) is 0.267. The van der Waals surface area contributed by atoms with Gasteiger partial charge in [0.25, 0.3) is 0 Å². The lowest BCUT2D eigenvalue weighted by molar-refractivity contribution is 0.541. The van der Waals surface area contributed by atoms with Crippen molar-refractivity contribution in [2.24, 2.45) is 0 Å². The van der Waals surface area contributed by atoms with Gasteiger partial charge in [0, 0.05) is 28.5 Å². The van der Waals surface area contributed by atoms with E-state index in [0.717, 1.165) is 0 Å². The molecule has 1 aromatic carbocycles. The van der Waals surface area contributed by atoms with Crippen molar-refractivity contribution in [3.63, 3.8) is 0 Å². The lowest BCUT2D eigenvalue weighted by atomic mass is 10.1. The number of pyridine rings is 1. The zero-order valence-electron chi connectivity index (χ0n) is 11.1. The molecule has 1 atom stereocenters. The minimum atomic E-state index is -0.340. The van der Waals surface area contributed by atoms with Gasteiger partial charge in [0.05, 0.1) is 6.20 Å². The lowest BCUT2D eigenvalue weighted by Crippen LogP contribution is -2.24. The molecule has 1 heterocycles. The number of aromatic nitrogens is 1. The first-order chi connectivity index (χ1) is 9.72. The van der Waals surface area contributed by atoms with Crippen LogP contribution in [0.1, 0.15) is 18.5 Å². The molecule has 1 N–H and O–H groups in total. The highest BCUT2D eigenvalue weighted by molar-refractivity contribution is 7.99. The summed E-state index contributed by atoms with van der Waals surface area (Å²) in [5.74, 6) is -0.0362. The molecule has 2 aromatic rings. The Morgan fingerprint density at radius 2 is 2.00 bits per heavy atom. The van der Waals surface area contributed by atoms with E-state index in [2.05, 4.69) is 10.3 Å². The molecule has 0 radical (unpaired) electrons. The minimum Gasteiger partial charge on any atom is -0.309 e. The molecule has 1 aromatic heterocycles. The summed E-state index contributed by atoms with van der Waals surface area (Å²) in [6.45, 7) is 2.67. The Morgan fingerprint density at radius 3 is 2.70 bits per heavy atom. The standard InChI is InChI=1S/C15H16F2N2S/c1-2-19-14(11-7-8-18-9-13(11)17)10-20-15-6-4-3-5-12(15)16/h3-9,14,19H,2,10H2,1H3. The van der Waals surface area contributed by atoms with Crippen molar-refractivity contribution in [1.82, 2.24) is 10.3 Å². The summed E-state index contributed by atoms with van der Waals surface area (Å²) in [6, 6.07) is 8.09. The summed E-state index contributed by atoms with van der Waals surface area (Å²) < 4.78 is 27.4. The minimum absolute atomic E-state index is 0.174. The summed E-state index contributed by atoms with van der Waals surface area (Å²) in [4.78, 5) is 4.32. The van der Waals surface area contributed by atoms with Crippen molar-refractivity contribution in [2.45, 2.75) is 17.9 Å². The third-order valence-electron chi connectivity index (χ3n) is 2.87. The van der Waals surface area contributed by atoms with E-state index in [1.54, 1.807) is 30.5 Å². The molecule has 106 valence electrons. The Balaban J connectivity index is 2.11. The average molecular weight is 294 g/mol. The molecule has 0 aliphatic rings. The van der Waals surface area contributed by atoms with E-state index in [-0.39, 0.29) is 17.7 Å². The average Bonchev–Trinajstić information content (AvgIpc) is 2.46. The second-order valence-electron chi connectivity index (χ2n) is 4.25. The topological polar surface area (TPSA) is 24.9 Å². The molecule has 5 heteroatoms. The fourth-order valence-electron chi connectivity index (χ4n) is 1.91. The molecule has 2 nitrogen and oxygen atoms in total. The van der Waals surface area contributed by atoms with Crippen molar-refractivity contribution in [3.8, 4) is 0 Å². The molecule has 20 heavy (non-hydrogen) atoms. The van der Waals surface area contributed by atoms with Gasteiger partial charge in [-0.3, -0.25) is 4.98 Å². The van der Waals surface area contributed by atoms with Crippen LogP contribution < -0.4 is 5.32 Å². The number of benzene rings is 1. The van der Waals surface area contributed by atoms with E-state index in [1.165, 1.54) is 24.0 Å². The van der Waals surface area contributed by atoms with E-state index < -0.39 is 0 Å². The summed E-state index contributed by atoms with van der Waals surface area (Å²) in [6.07, 6.45) is 2.77. The van der Waals surface area contributed by atoms with Crippen LogP contribution in [-0.2, 0) is 0 Å². The first-order valence-electron chi connectivity index (χ1n) is 6.42. The maximum atomic E-state index is 13.8. The monoisotopic (exact) mass is 294 g/mol. The molecule has 0 amide bonds. The second-order valence-corrected chi connectivity index (χ2v) is 5.31. The number of thioether (sulfide) groups is 1. The van der Waals surface area contributed by atoms with E-state index in [1.807, 2.05) is 6.92 Å². The smallest absolute Gasteiger partial charge is 0.146 e. The van der Waals surface area contributed by atoms with Gasteiger partial charge in [0.1, 0.15) is 11.6 Å². The first-order valence-corrected chi connectivity index (χ1v) is 7.41. The van der Waals surface area contributed by atoms with Crippen LogP contribution in [0.3, 0.4) is 0 Å². The van der Waals surface area contributed by atoms with Gasteiger partial charge in [-0.05, 0) is 24.7 Å². The SMILES string of the molecule is CCNC(CSc1ccccc1F)c1ccncc1F. The third-order valence-corrected chi connectivity index (χ3v) is 4.01. The Morgan fingerprint density at radius 1 is 1.20 bits per heavy atom. The molecule has 2 rings (SSSR count). The largest absolute Gasteiger partial charge is 0.309 e. The van der Waals surface area contributed by atoms with Gasteiger partial charge in [-0.1, -0.05) is 19.1 Å². The molecule has 0 aliphatic carbocycles. The highest BCUT2D eigenvalue weighted by Gasteiger charge is 2.15. The molecular weight excluding hydrogens is 278 g/mol. The molecule has 0 bridgehead atoms. The van der Waals surface area contributed by atoms with Crippen LogP contribution in [0.15, 0.2) is 47.6 Å². The number of nitrogens with zero attached hydrogens (tertiary/aromatic N) is 1. The van der Waals surface area contributed by atoms with E-state index in [4.69, 9.17) is 0 Å². The van der Waals surface area contributed by atoms with Gasteiger partial charge in [0.15, 0.2) is 0 Å². The van der Waals surface area contributed by atoms with Crippen molar-refractivity contribution < 1.29 is 8.78 Å². The van der Waals surface area contributed by atoms with E-state index in [0.29, 0.717) is 22.8 Å². The van der Waals surface area contributed by atoms with Crippen LogP contribution in [-0.4, -0.2) is 17.3 Å². The Kier molecular flexibility index (Phi) is 5.49. The second kappa shape index (κ2) is 7.36. The molecular formula is C15H16F2N2S. The zero-order chi connectivity index (χ0) is 14.4. The first kappa shape index (κ1) is 14.9.